The Kier molecular flexibility index (Phi) is 6.04. The number of allylic oxidation sites excluding steroid dienone is 2. The minimum absolute atomic E-state index is 0.127. The van der Waals surface area contributed by atoms with E-state index in [-0.39, 0.29) is 22.9 Å². The predicted octanol–water partition coefficient (Wildman–Crippen LogP) is 5.14. The Bertz CT molecular complexity index is 632. The molecule has 4 heteroatoms. The number of carbonyl (C=O) groups is 2. The van der Waals surface area contributed by atoms with Crippen LogP contribution in [0.3, 0.4) is 0 Å². The molecule has 2 rings (SSSR count). The molecule has 0 saturated heterocycles. The molecule has 0 aromatic rings. The first-order valence-corrected chi connectivity index (χ1v) is 9.76. The van der Waals surface area contributed by atoms with Gasteiger partial charge in [0.25, 0.3) is 0 Å². The molecule has 1 saturated carbocycles. The van der Waals surface area contributed by atoms with Crippen molar-refractivity contribution in [2.24, 2.45) is 22.7 Å². The van der Waals surface area contributed by atoms with Gasteiger partial charge in [-0.15, -0.1) is 0 Å². The maximum Gasteiger partial charge on any atom is 0.328 e. The Morgan fingerprint density at radius 1 is 1.35 bits per heavy atom. The van der Waals surface area contributed by atoms with Crippen molar-refractivity contribution in [3.05, 3.63) is 23.3 Å². The van der Waals surface area contributed by atoms with Gasteiger partial charge in [0.05, 0.1) is 0 Å². The van der Waals surface area contributed by atoms with Gasteiger partial charge in [0, 0.05) is 24.8 Å². The summed E-state index contributed by atoms with van der Waals surface area (Å²) < 4.78 is 5.85. The number of aliphatic carboxylic acids is 1. The number of rotatable bonds is 5. The molecule has 1 fully saturated rings. The van der Waals surface area contributed by atoms with E-state index in [1.54, 1.807) is 0 Å². The van der Waals surface area contributed by atoms with E-state index in [0.717, 1.165) is 31.3 Å². The zero-order valence-corrected chi connectivity index (χ0v) is 17.1. The third-order valence-corrected chi connectivity index (χ3v) is 7.36. The summed E-state index contributed by atoms with van der Waals surface area (Å²) >= 11 is 0. The van der Waals surface area contributed by atoms with Crippen molar-refractivity contribution >= 4 is 11.9 Å². The van der Waals surface area contributed by atoms with Crippen LogP contribution in [0.15, 0.2) is 23.3 Å². The second-order valence-corrected chi connectivity index (χ2v) is 8.87. The van der Waals surface area contributed by atoms with E-state index in [9.17, 15) is 9.59 Å². The average Bonchev–Trinajstić information content (AvgIpc) is 2.51. The molecule has 0 radical (unpaired) electrons. The van der Waals surface area contributed by atoms with Crippen LogP contribution in [0.25, 0.3) is 0 Å². The molecule has 0 aromatic carbocycles. The van der Waals surface area contributed by atoms with E-state index >= 15 is 0 Å². The minimum atomic E-state index is -0.952. The fourth-order valence-corrected chi connectivity index (χ4v) is 5.53. The van der Waals surface area contributed by atoms with Gasteiger partial charge >= 0.3 is 11.9 Å². The Morgan fingerprint density at radius 3 is 2.58 bits per heavy atom. The molecular weight excluding hydrogens is 328 g/mol. The highest BCUT2D eigenvalue weighted by atomic mass is 16.5. The highest BCUT2D eigenvalue weighted by Crippen LogP contribution is 2.62. The summed E-state index contributed by atoms with van der Waals surface area (Å²) in [6, 6.07) is 0. The van der Waals surface area contributed by atoms with Crippen molar-refractivity contribution in [1.29, 1.82) is 0 Å². The minimum Gasteiger partial charge on any atom is -0.478 e. The molecule has 0 spiro atoms. The Morgan fingerprint density at radius 2 is 2.00 bits per heavy atom. The fourth-order valence-electron chi connectivity index (χ4n) is 5.53. The number of ether oxygens (including phenoxy) is 1. The third-order valence-electron chi connectivity index (χ3n) is 7.36. The van der Waals surface area contributed by atoms with E-state index in [2.05, 4.69) is 33.8 Å². The lowest BCUT2D eigenvalue weighted by atomic mass is 9.46. The van der Waals surface area contributed by atoms with Gasteiger partial charge in [-0.25, -0.2) is 4.79 Å². The molecule has 0 aromatic heterocycles. The Labute approximate surface area is 157 Å². The van der Waals surface area contributed by atoms with Gasteiger partial charge in [-0.3, -0.25) is 4.79 Å². The van der Waals surface area contributed by atoms with Gasteiger partial charge in [-0.05, 0) is 56.8 Å². The normalized spacial score (nSPS) is 35.9. The van der Waals surface area contributed by atoms with Gasteiger partial charge in [-0.2, -0.15) is 0 Å². The number of hydrogen-bond donors (Lipinski definition) is 1. The summed E-state index contributed by atoms with van der Waals surface area (Å²) in [4.78, 5) is 22.9. The van der Waals surface area contributed by atoms with Crippen LogP contribution in [0.4, 0.5) is 0 Å². The molecule has 26 heavy (non-hydrogen) atoms. The zero-order valence-electron chi connectivity index (χ0n) is 17.1. The van der Waals surface area contributed by atoms with Crippen LogP contribution in [0.1, 0.15) is 73.6 Å². The molecular formula is C22H34O4. The highest BCUT2D eigenvalue weighted by molar-refractivity contribution is 5.80. The lowest BCUT2D eigenvalue weighted by Crippen LogP contribution is -2.56. The fraction of sp³-hybridized carbons (Fsp3) is 0.727. The molecule has 0 bridgehead atoms. The monoisotopic (exact) mass is 362 g/mol. The first-order chi connectivity index (χ1) is 12.0. The average molecular weight is 363 g/mol. The van der Waals surface area contributed by atoms with E-state index in [1.165, 1.54) is 18.6 Å². The molecule has 0 aliphatic heterocycles. The number of carboxylic acid groups (broad SMARTS) is 1. The molecule has 2 aliphatic carbocycles. The summed E-state index contributed by atoms with van der Waals surface area (Å²) in [5.74, 6) is -0.409. The standard InChI is InChI=1S/C22H34O4/c1-14(13-20(24)25)12-19(26-17(4)23)22(6)16(3)10-11-21(5)15(2)8-7-9-18(21)22/h8,13,16,18-19H,7,9-12H2,1-6H3,(H,24,25)/b14-13+/t16-,18-,19-,21+,22+/m1/s1. The van der Waals surface area contributed by atoms with Gasteiger partial charge in [0.1, 0.15) is 6.10 Å². The van der Waals surface area contributed by atoms with Crippen LogP contribution >= 0.6 is 0 Å². The second-order valence-electron chi connectivity index (χ2n) is 8.87. The highest BCUT2D eigenvalue weighted by Gasteiger charge is 2.57. The lowest BCUT2D eigenvalue weighted by molar-refractivity contribution is -0.171. The molecule has 2 aliphatic rings. The van der Waals surface area contributed by atoms with Crippen LogP contribution in [-0.2, 0) is 14.3 Å². The molecule has 0 amide bonds. The molecule has 0 heterocycles. The quantitative estimate of drug-likeness (QED) is 0.418. The van der Waals surface area contributed by atoms with E-state index in [4.69, 9.17) is 9.84 Å². The topological polar surface area (TPSA) is 63.6 Å². The number of hydrogen-bond acceptors (Lipinski definition) is 3. The number of esters is 1. The van der Waals surface area contributed by atoms with Gasteiger partial charge in [-0.1, -0.05) is 38.0 Å². The smallest absolute Gasteiger partial charge is 0.328 e. The summed E-state index contributed by atoms with van der Waals surface area (Å²) in [6.07, 6.45) is 8.17. The van der Waals surface area contributed by atoms with Crippen LogP contribution in [-0.4, -0.2) is 23.1 Å². The van der Waals surface area contributed by atoms with Crippen LogP contribution < -0.4 is 0 Å². The van der Waals surface area contributed by atoms with E-state index in [0.29, 0.717) is 18.3 Å². The van der Waals surface area contributed by atoms with Crippen molar-refractivity contribution in [3.63, 3.8) is 0 Å². The summed E-state index contributed by atoms with van der Waals surface area (Å²) in [7, 11) is 0. The number of carboxylic acids is 1. The van der Waals surface area contributed by atoms with Crippen molar-refractivity contribution in [2.45, 2.75) is 79.8 Å². The first-order valence-electron chi connectivity index (χ1n) is 9.76. The van der Waals surface area contributed by atoms with Crippen LogP contribution in [0.2, 0.25) is 0 Å². The molecule has 5 atom stereocenters. The Hall–Kier alpha value is -1.58. The largest absolute Gasteiger partial charge is 0.478 e. The molecule has 0 unspecified atom stereocenters. The zero-order chi connectivity index (χ0) is 19.7. The number of carbonyl (C=O) groups excluding carboxylic acids is 1. The van der Waals surface area contributed by atoms with Crippen molar-refractivity contribution < 1.29 is 19.4 Å². The second kappa shape index (κ2) is 7.58. The summed E-state index contributed by atoms with van der Waals surface area (Å²) in [5, 5.41) is 9.08. The van der Waals surface area contributed by atoms with Gasteiger partial charge in [0.15, 0.2) is 0 Å². The maximum atomic E-state index is 11.9. The lowest BCUT2D eigenvalue weighted by Gasteiger charge is -2.59. The molecule has 1 N–H and O–H groups in total. The van der Waals surface area contributed by atoms with E-state index in [1.807, 2.05) is 6.92 Å². The Balaban J connectivity index is 2.46. The SMILES string of the molecule is CC(=O)O[C@H](C/C(C)=C/C(=O)O)[C@@]1(C)[C@H](C)CC[C@@]2(C)C(C)=CCC[C@@H]12. The van der Waals surface area contributed by atoms with Crippen molar-refractivity contribution in [1.82, 2.24) is 0 Å². The number of fused-ring (bicyclic) bond motifs is 1. The van der Waals surface area contributed by atoms with Crippen LogP contribution in [0.5, 0.6) is 0 Å². The van der Waals surface area contributed by atoms with Crippen molar-refractivity contribution in [2.75, 3.05) is 0 Å². The summed E-state index contributed by atoms with van der Waals surface area (Å²) in [5.41, 5.74) is 2.14. The van der Waals surface area contributed by atoms with Gasteiger partial charge < -0.3 is 9.84 Å². The summed E-state index contributed by atoms with van der Waals surface area (Å²) in [6.45, 7) is 12.4. The molecule has 4 nitrogen and oxygen atoms in total. The van der Waals surface area contributed by atoms with Crippen LogP contribution in [0, 0.1) is 22.7 Å². The predicted molar refractivity (Wildman–Crippen MR) is 103 cm³/mol. The van der Waals surface area contributed by atoms with E-state index < -0.39 is 5.97 Å². The van der Waals surface area contributed by atoms with Crippen molar-refractivity contribution in [3.8, 4) is 0 Å². The molecule has 146 valence electrons. The first kappa shape index (κ1) is 20.7. The third kappa shape index (κ3) is 3.74. The van der Waals surface area contributed by atoms with Gasteiger partial charge in [0.2, 0.25) is 0 Å². The maximum absolute atomic E-state index is 11.9.